The van der Waals surface area contributed by atoms with Gasteiger partial charge in [0.25, 0.3) is 5.56 Å². The molecule has 0 unspecified atom stereocenters. The highest BCUT2D eigenvalue weighted by molar-refractivity contribution is 7.17. The molecule has 7 heteroatoms. The number of amides is 1. The fourth-order valence-electron chi connectivity index (χ4n) is 6.00. The first-order valence-electron chi connectivity index (χ1n) is 11.1. The molecule has 6 nitrogen and oxygen atoms in total. The lowest BCUT2D eigenvalue weighted by Gasteiger charge is -2.55. The minimum absolute atomic E-state index is 0.0638. The van der Waals surface area contributed by atoms with Crippen LogP contribution in [0.4, 0.5) is 0 Å². The molecule has 2 bridgehead atoms. The van der Waals surface area contributed by atoms with Gasteiger partial charge in [0.1, 0.15) is 11.2 Å². The van der Waals surface area contributed by atoms with Gasteiger partial charge in [0.2, 0.25) is 5.91 Å². The summed E-state index contributed by atoms with van der Waals surface area (Å²) in [5.74, 6) is 1.22. The molecule has 0 aliphatic carbocycles. The normalized spacial score (nSPS) is 29.8. The van der Waals surface area contributed by atoms with Crippen molar-refractivity contribution in [2.45, 2.75) is 64.1 Å². The van der Waals surface area contributed by atoms with Gasteiger partial charge >= 0.3 is 0 Å². The number of likely N-dealkylation sites (tertiary alicyclic amines) is 1. The maximum absolute atomic E-state index is 13.1. The lowest BCUT2D eigenvalue weighted by molar-refractivity contribution is -0.139. The van der Waals surface area contributed by atoms with E-state index >= 15 is 0 Å². The standard InChI is InChI=1S/C22H30N4O2S/c1-2-4-17-5-3-6-19-16-9-15(11-26(17)19)10-24(12-16)20(27)13-25-14-23-18-7-8-29-21(18)22(25)28/h7-8,14-17,19H,2-6,9-13H2,1H3/t15-,16+,17-,19-/m0/s1. The minimum atomic E-state index is -0.101. The molecule has 3 aliphatic rings. The number of carbonyl (C=O) groups excluding carboxylic acids is 1. The Morgan fingerprint density at radius 3 is 3.03 bits per heavy atom. The van der Waals surface area contributed by atoms with E-state index in [0.29, 0.717) is 22.6 Å². The molecule has 0 saturated carbocycles. The van der Waals surface area contributed by atoms with E-state index in [1.165, 1.54) is 60.8 Å². The van der Waals surface area contributed by atoms with Crippen molar-refractivity contribution < 1.29 is 4.79 Å². The molecular formula is C22H30N4O2S. The molecule has 1 amide bonds. The summed E-state index contributed by atoms with van der Waals surface area (Å²) in [4.78, 5) is 34.9. The summed E-state index contributed by atoms with van der Waals surface area (Å²) in [7, 11) is 0. The molecule has 0 spiro atoms. The molecule has 29 heavy (non-hydrogen) atoms. The second kappa shape index (κ2) is 7.84. The van der Waals surface area contributed by atoms with Crippen LogP contribution in [0.25, 0.3) is 10.2 Å². The molecule has 5 heterocycles. The van der Waals surface area contributed by atoms with Gasteiger partial charge in [-0.3, -0.25) is 19.1 Å². The summed E-state index contributed by atoms with van der Waals surface area (Å²) in [6.45, 7) is 5.21. The van der Waals surface area contributed by atoms with Gasteiger partial charge in [-0.05, 0) is 49.0 Å². The van der Waals surface area contributed by atoms with E-state index < -0.39 is 0 Å². The zero-order valence-electron chi connectivity index (χ0n) is 17.1. The summed E-state index contributed by atoms with van der Waals surface area (Å²) >= 11 is 1.39. The molecular weight excluding hydrogens is 384 g/mol. The lowest BCUT2D eigenvalue weighted by Crippen LogP contribution is -2.62. The van der Waals surface area contributed by atoms with Gasteiger partial charge in [-0.1, -0.05) is 19.8 Å². The smallest absolute Gasteiger partial charge is 0.271 e. The first-order valence-corrected chi connectivity index (χ1v) is 12.0. The summed E-state index contributed by atoms with van der Waals surface area (Å²) in [5, 5.41) is 1.87. The third-order valence-electron chi connectivity index (χ3n) is 7.23. The molecule has 0 aromatic carbocycles. The van der Waals surface area contributed by atoms with Gasteiger partial charge in [-0.15, -0.1) is 11.3 Å². The van der Waals surface area contributed by atoms with Gasteiger partial charge in [0.05, 0.1) is 11.8 Å². The van der Waals surface area contributed by atoms with Crippen molar-refractivity contribution in [3.05, 3.63) is 28.1 Å². The summed E-state index contributed by atoms with van der Waals surface area (Å²) < 4.78 is 2.12. The monoisotopic (exact) mass is 414 g/mol. The average molecular weight is 415 g/mol. The van der Waals surface area contributed by atoms with E-state index in [9.17, 15) is 9.59 Å². The lowest BCUT2D eigenvalue weighted by atomic mass is 9.74. The molecule has 3 saturated heterocycles. The highest BCUT2D eigenvalue weighted by atomic mass is 32.1. The van der Waals surface area contributed by atoms with E-state index in [4.69, 9.17) is 0 Å². The van der Waals surface area contributed by atoms with Crippen LogP contribution in [0.3, 0.4) is 0 Å². The number of hydrogen-bond acceptors (Lipinski definition) is 5. The van der Waals surface area contributed by atoms with Crippen LogP contribution in [0.2, 0.25) is 0 Å². The Bertz CT molecular complexity index is 952. The number of carbonyl (C=O) groups is 1. The van der Waals surface area contributed by atoms with Crippen LogP contribution >= 0.6 is 11.3 Å². The van der Waals surface area contributed by atoms with Gasteiger partial charge in [-0.2, -0.15) is 0 Å². The molecule has 156 valence electrons. The number of piperidine rings is 3. The maximum atomic E-state index is 13.1. The number of aromatic nitrogens is 2. The first kappa shape index (κ1) is 19.2. The fourth-order valence-corrected chi connectivity index (χ4v) is 6.79. The highest BCUT2D eigenvalue weighted by Crippen LogP contribution is 2.40. The van der Waals surface area contributed by atoms with Crippen molar-refractivity contribution in [3.63, 3.8) is 0 Å². The molecule has 3 fully saturated rings. The Morgan fingerprint density at radius 1 is 1.28 bits per heavy atom. The summed E-state index contributed by atoms with van der Waals surface area (Å²) in [6, 6.07) is 3.23. The topological polar surface area (TPSA) is 58.4 Å². The summed E-state index contributed by atoms with van der Waals surface area (Å²) in [5.41, 5.74) is 0.617. The largest absolute Gasteiger partial charge is 0.340 e. The minimum Gasteiger partial charge on any atom is -0.340 e. The second-order valence-corrected chi connectivity index (χ2v) is 10.0. The van der Waals surface area contributed by atoms with Crippen LogP contribution in [0.15, 0.2) is 22.6 Å². The molecule has 0 radical (unpaired) electrons. The molecule has 2 aromatic rings. The Labute approximate surface area is 175 Å². The Balaban J connectivity index is 1.30. The van der Waals surface area contributed by atoms with Crippen LogP contribution in [0.1, 0.15) is 45.4 Å². The van der Waals surface area contributed by atoms with Crippen LogP contribution < -0.4 is 5.56 Å². The zero-order valence-corrected chi connectivity index (χ0v) is 17.9. The average Bonchev–Trinajstić information content (AvgIpc) is 3.20. The van der Waals surface area contributed by atoms with E-state index in [0.717, 1.165) is 31.2 Å². The third kappa shape index (κ3) is 3.52. The SMILES string of the molecule is CCC[C@H]1CCC[C@H]2[C@@H]3C[C@@H](CN(C(=O)Cn4cnc5ccsc5c4=O)C3)CN12. The van der Waals surface area contributed by atoms with Crippen molar-refractivity contribution in [1.29, 1.82) is 0 Å². The van der Waals surface area contributed by atoms with Crippen LogP contribution in [-0.2, 0) is 11.3 Å². The number of thiophene rings is 1. The quantitative estimate of drug-likeness (QED) is 0.772. The van der Waals surface area contributed by atoms with Gasteiger partial charge in [-0.25, -0.2) is 4.98 Å². The zero-order chi connectivity index (χ0) is 20.0. The first-order chi connectivity index (χ1) is 14.1. The Hall–Kier alpha value is -1.73. The molecule has 5 rings (SSSR count). The van der Waals surface area contributed by atoms with E-state index in [1.807, 2.05) is 16.3 Å². The predicted octanol–water partition coefficient (Wildman–Crippen LogP) is 2.96. The third-order valence-corrected chi connectivity index (χ3v) is 8.12. The second-order valence-electron chi connectivity index (χ2n) is 9.11. The van der Waals surface area contributed by atoms with Crippen LogP contribution in [0.5, 0.6) is 0 Å². The van der Waals surface area contributed by atoms with E-state index in [1.54, 1.807) is 0 Å². The summed E-state index contributed by atoms with van der Waals surface area (Å²) in [6.07, 6.45) is 9.28. The van der Waals surface area contributed by atoms with E-state index in [2.05, 4.69) is 16.8 Å². The van der Waals surface area contributed by atoms with Gasteiger partial charge < -0.3 is 4.90 Å². The van der Waals surface area contributed by atoms with Gasteiger partial charge in [0.15, 0.2) is 0 Å². The number of hydrogen-bond donors (Lipinski definition) is 0. The predicted molar refractivity (Wildman–Crippen MR) is 115 cm³/mol. The molecule has 4 atom stereocenters. The Morgan fingerprint density at radius 2 is 2.17 bits per heavy atom. The highest BCUT2D eigenvalue weighted by Gasteiger charge is 2.45. The molecule has 3 aliphatic heterocycles. The number of fused-ring (bicyclic) bond motifs is 5. The fraction of sp³-hybridized carbons (Fsp3) is 0.682. The Kier molecular flexibility index (Phi) is 5.20. The van der Waals surface area contributed by atoms with Crippen molar-refractivity contribution in [2.24, 2.45) is 11.8 Å². The van der Waals surface area contributed by atoms with Gasteiger partial charge in [0, 0.05) is 31.7 Å². The van der Waals surface area contributed by atoms with Crippen LogP contribution in [-0.4, -0.2) is 57.0 Å². The van der Waals surface area contributed by atoms with Crippen molar-refractivity contribution in [3.8, 4) is 0 Å². The molecule has 0 N–H and O–H groups in total. The molecule has 2 aromatic heterocycles. The van der Waals surface area contributed by atoms with Crippen molar-refractivity contribution in [2.75, 3.05) is 19.6 Å². The number of nitrogens with zero attached hydrogens (tertiary/aromatic N) is 4. The van der Waals surface area contributed by atoms with Crippen LogP contribution in [0, 0.1) is 11.8 Å². The van der Waals surface area contributed by atoms with E-state index in [-0.39, 0.29) is 18.0 Å². The van der Waals surface area contributed by atoms with Crippen molar-refractivity contribution in [1.82, 2.24) is 19.4 Å². The number of rotatable bonds is 4. The van der Waals surface area contributed by atoms with Crippen molar-refractivity contribution >= 4 is 27.5 Å². The maximum Gasteiger partial charge on any atom is 0.271 e.